The van der Waals surface area contributed by atoms with E-state index in [0.717, 1.165) is 4.90 Å². The van der Waals surface area contributed by atoms with Gasteiger partial charge < -0.3 is 10.1 Å². The topological polar surface area (TPSA) is 105 Å². The van der Waals surface area contributed by atoms with Crippen LogP contribution in [0.2, 0.25) is 5.02 Å². The molecule has 1 aliphatic heterocycles. The normalized spacial score (nSPS) is 14.6. The van der Waals surface area contributed by atoms with Crippen molar-refractivity contribution in [2.45, 2.75) is 0 Å². The van der Waals surface area contributed by atoms with E-state index in [4.69, 9.17) is 16.3 Å². The van der Waals surface area contributed by atoms with Crippen LogP contribution in [0.1, 0.15) is 5.56 Å². The summed E-state index contributed by atoms with van der Waals surface area (Å²) in [6.45, 7) is -0.303. The molecule has 8 nitrogen and oxygen atoms in total. The van der Waals surface area contributed by atoms with Crippen LogP contribution in [0.4, 0.5) is 16.2 Å². The molecule has 1 aliphatic rings. The number of carbonyl (C=O) groups is 4. The van der Waals surface area contributed by atoms with Crippen molar-refractivity contribution in [3.05, 3.63) is 93.4 Å². The number of anilines is 2. The zero-order valence-electron chi connectivity index (χ0n) is 18.0. The molecule has 0 aromatic heterocycles. The number of barbiturate groups is 1. The molecule has 0 spiro atoms. The number of halogens is 2. The van der Waals surface area contributed by atoms with Crippen LogP contribution in [0.3, 0.4) is 0 Å². The predicted molar refractivity (Wildman–Crippen MR) is 135 cm³/mol. The third-order valence-electron chi connectivity index (χ3n) is 4.87. The molecule has 1 fully saturated rings. The molecule has 176 valence electrons. The van der Waals surface area contributed by atoms with Crippen LogP contribution in [-0.4, -0.2) is 30.4 Å². The van der Waals surface area contributed by atoms with Gasteiger partial charge in [0.15, 0.2) is 6.61 Å². The van der Waals surface area contributed by atoms with Crippen molar-refractivity contribution in [3.8, 4) is 5.75 Å². The fourth-order valence-corrected chi connectivity index (χ4v) is 3.77. The van der Waals surface area contributed by atoms with E-state index in [2.05, 4.69) is 26.6 Å². The number of amides is 5. The first-order valence-electron chi connectivity index (χ1n) is 10.3. The SMILES string of the molecule is O=C(COc1ccc(Br)cc1/C=C1\C(=O)NC(=O)N(c2ccc(Cl)cc2)C1=O)Nc1ccccc1. The van der Waals surface area contributed by atoms with Crippen LogP contribution in [0.5, 0.6) is 5.75 Å². The van der Waals surface area contributed by atoms with Crippen molar-refractivity contribution in [2.75, 3.05) is 16.8 Å². The van der Waals surface area contributed by atoms with Crippen LogP contribution >= 0.6 is 27.5 Å². The minimum Gasteiger partial charge on any atom is -0.483 e. The summed E-state index contributed by atoms with van der Waals surface area (Å²) in [5.41, 5.74) is 0.946. The number of carbonyl (C=O) groups excluding carboxylic acids is 4. The summed E-state index contributed by atoms with van der Waals surface area (Å²) < 4.78 is 6.32. The van der Waals surface area contributed by atoms with Crippen LogP contribution in [-0.2, 0) is 14.4 Å². The first-order chi connectivity index (χ1) is 16.8. The van der Waals surface area contributed by atoms with Crippen LogP contribution in [0.25, 0.3) is 6.08 Å². The second-order valence-electron chi connectivity index (χ2n) is 7.32. The Hall–Kier alpha value is -3.95. The van der Waals surface area contributed by atoms with Gasteiger partial charge in [0.1, 0.15) is 11.3 Å². The summed E-state index contributed by atoms with van der Waals surface area (Å²) in [6.07, 6.45) is 1.31. The zero-order valence-corrected chi connectivity index (χ0v) is 20.3. The van der Waals surface area contributed by atoms with Gasteiger partial charge in [-0.25, -0.2) is 9.69 Å². The highest BCUT2D eigenvalue weighted by Gasteiger charge is 2.37. The van der Waals surface area contributed by atoms with E-state index in [-0.39, 0.29) is 29.5 Å². The van der Waals surface area contributed by atoms with Crippen LogP contribution in [0, 0.1) is 0 Å². The van der Waals surface area contributed by atoms with Crippen LogP contribution in [0.15, 0.2) is 82.8 Å². The lowest BCUT2D eigenvalue weighted by Gasteiger charge is -2.26. The Labute approximate surface area is 213 Å². The van der Waals surface area contributed by atoms with E-state index in [9.17, 15) is 19.2 Å². The predicted octanol–water partition coefficient (Wildman–Crippen LogP) is 4.79. The largest absolute Gasteiger partial charge is 0.483 e. The van der Waals surface area contributed by atoms with Gasteiger partial charge in [-0.1, -0.05) is 45.7 Å². The number of hydrogen-bond acceptors (Lipinski definition) is 5. The highest BCUT2D eigenvalue weighted by Crippen LogP contribution is 2.28. The molecular weight excluding hydrogens is 538 g/mol. The number of hydrogen-bond donors (Lipinski definition) is 2. The van der Waals surface area contributed by atoms with E-state index in [1.807, 2.05) is 6.07 Å². The summed E-state index contributed by atoms with van der Waals surface area (Å²) in [6, 6.07) is 19.0. The molecule has 2 N–H and O–H groups in total. The van der Waals surface area contributed by atoms with E-state index in [1.54, 1.807) is 42.5 Å². The maximum Gasteiger partial charge on any atom is 0.335 e. The summed E-state index contributed by atoms with van der Waals surface area (Å²) in [4.78, 5) is 51.2. The van der Waals surface area contributed by atoms with Gasteiger partial charge in [0, 0.05) is 20.7 Å². The zero-order chi connectivity index (χ0) is 24.9. The Morgan fingerprint density at radius 2 is 1.74 bits per heavy atom. The first-order valence-corrected chi connectivity index (χ1v) is 11.4. The number of rotatable bonds is 6. The number of benzene rings is 3. The van der Waals surface area contributed by atoms with Crippen molar-refractivity contribution >= 4 is 68.7 Å². The van der Waals surface area contributed by atoms with Crippen LogP contribution < -0.4 is 20.3 Å². The molecule has 3 aromatic rings. The quantitative estimate of drug-likeness (QED) is 0.337. The van der Waals surface area contributed by atoms with Gasteiger partial charge in [-0.15, -0.1) is 0 Å². The second kappa shape index (κ2) is 10.5. The monoisotopic (exact) mass is 553 g/mol. The summed E-state index contributed by atoms with van der Waals surface area (Å²) >= 11 is 9.25. The van der Waals surface area contributed by atoms with Crippen molar-refractivity contribution in [2.24, 2.45) is 0 Å². The highest BCUT2D eigenvalue weighted by atomic mass is 79.9. The molecular formula is C25H17BrClN3O5. The summed E-state index contributed by atoms with van der Waals surface area (Å²) in [5.74, 6) is -1.78. The molecule has 10 heteroatoms. The Balaban J connectivity index is 1.59. The maximum atomic E-state index is 13.1. The fourth-order valence-electron chi connectivity index (χ4n) is 3.26. The molecule has 5 amide bonds. The smallest absolute Gasteiger partial charge is 0.335 e. The Morgan fingerprint density at radius 3 is 2.46 bits per heavy atom. The van der Waals surface area contributed by atoms with Gasteiger partial charge in [-0.05, 0) is 60.7 Å². The molecule has 0 atom stereocenters. The third kappa shape index (κ3) is 5.76. The van der Waals surface area contributed by atoms with Gasteiger partial charge in [0.2, 0.25) is 0 Å². The van der Waals surface area contributed by atoms with E-state index >= 15 is 0 Å². The summed E-state index contributed by atoms with van der Waals surface area (Å²) in [5, 5.41) is 5.30. The van der Waals surface area contributed by atoms with Crippen molar-refractivity contribution in [1.29, 1.82) is 0 Å². The highest BCUT2D eigenvalue weighted by molar-refractivity contribution is 9.10. The van der Waals surface area contributed by atoms with Crippen molar-refractivity contribution < 1.29 is 23.9 Å². The number of ether oxygens (including phenoxy) is 1. The molecule has 0 aliphatic carbocycles. The van der Waals surface area contributed by atoms with Gasteiger partial charge >= 0.3 is 6.03 Å². The van der Waals surface area contributed by atoms with Crippen molar-refractivity contribution in [3.63, 3.8) is 0 Å². The third-order valence-corrected chi connectivity index (χ3v) is 5.62. The maximum absolute atomic E-state index is 13.1. The number of imide groups is 2. The average molecular weight is 555 g/mol. The number of nitrogens with one attached hydrogen (secondary N) is 2. The van der Waals surface area contributed by atoms with Crippen molar-refractivity contribution in [1.82, 2.24) is 5.32 Å². The molecule has 35 heavy (non-hydrogen) atoms. The molecule has 0 bridgehead atoms. The van der Waals surface area contributed by atoms with Gasteiger partial charge in [-0.2, -0.15) is 0 Å². The number of nitrogens with zero attached hydrogens (tertiary/aromatic N) is 1. The van der Waals surface area contributed by atoms with Gasteiger partial charge in [0.05, 0.1) is 5.69 Å². The first kappa shape index (κ1) is 24.2. The Kier molecular flexibility index (Phi) is 7.28. The number of para-hydroxylation sites is 1. The fraction of sp³-hybridized carbons (Fsp3) is 0.0400. The van der Waals surface area contributed by atoms with Gasteiger partial charge in [0.25, 0.3) is 17.7 Å². The standard InChI is InChI=1S/C25H17BrClN3O5/c26-16-6-11-21(35-14-22(31)28-18-4-2-1-3-5-18)15(12-16)13-20-23(32)29-25(34)30(24(20)33)19-9-7-17(27)8-10-19/h1-13H,14H2,(H,28,31)(H,29,32,34)/b20-13+. The molecule has 1 heterocycles. The Bertz CT molecular complexity index is 1340. The molecule has 3 aromatic carbocycles. The molecule has 0 radical (unpaired) electrons. The molecule has 4 rings (SSSR count). The molecule has 0 saturated carbocycles. The lowest BCUT2D eigenvalue weighted by Crippen LogP contribution is -2.54. The minimum atomic E-state index is -0.872. The lowest BCUT2D eigenvalue weighted by molar-refractivity contribution is -0.122. The van der Waals surface area contributed by atoms with E-state index in [0.29, 0.717) is 20.7 Å². The van der Waals surface area contributed by atoms with Gasteiger partial charge in [-0.3, -0.25) is 19.7 Å². The van der Waals surface area contributed by atoms with E-state index in [1.165, 1.54) is 30.3 Å². The number of urea groups is 1. The summed E-state index contributed by atoms with van der Waals surface area (Å²) in [7, 11) is 0. The minimum absolute atomic E-state index is 0.249. The van der Waals surface area contributed by atoms with E-state index < -0.39 is 17.8 Å². The molecule has 1 saturated heterocycles. The Morgan fingerprint density at radius 1 is 1.03 bits per heavy atom. The lowest BCUT2D eigenvalue weighted by atomic mass is 10.1. The average Bonchev–Trinajstić information content (AvgIpc) is 2.83. The molecule has 0 unspecified atom stereocenters. The second-order valence-corrected chi connectivity index (χ2v) is 8.67.